The number of primary sulfonamides is 1. The summed E-state index contributed by atoms with van der Waals surface area (Å²) < 4.78 is 28.1. The first-order chi connectivity index (χ1) is 12.9. The van der Waals surface area contributed by atoms with Crippen molar-refractivity contribution in [2.24, 2.45) is 5.14 Å². The van der Waals surface area contributed by atoms with Gasteiger partial charge in [0.1, 0.15) is 5.75 Å². The average Bonchev–Trinajstić information content (AvgIpc) is 2.65. The van der Waals surface area contributed by atoms with Crippen molar-refractivity contribution < 1.29 is 17.9 Å². The molecular weight excluding hydrogens is 364 g/mol. The molecule has 0 aliphatic rings. The van der Waals surface area contributed by atoms with Gasteiger partial charge in [0.15, 0.2) is 0 Å². The van der Waals surface area contributed by atoms with Crippen molar-refractivity contribution in [1.82, 2.24) is 5.32 Å². The fourth-order valence-corrected chi connectivity index (χ4v) is 2.88. The number of carbonyl (C=O) groups excluding carboxylic acids is 1. The summed E-state index contributed by atoms with van der Waals surface area (Å²) in [5, 5.41) is 7.86. The zero-order valence-corrected chi connectivity index (χ0v) is 16.0. The lowest BCUT2D eigenvalue weighted by atomic mass is 10.1. The largest absolute Gasteiger partial charge is 0.493 e. The predicted molar refractivity (Wildman–Crippen MR) is 106 cm³/mol. The van der Waals surface area contributed by atoms with Gasteiger partial charge >= 0.3 is 0 Å². The molecule has 3 N–H and O–H groups in total. The van der Waals surface area contributed by atoms with E-state index in [9.17, 15) is 13.2 Å². The van der Waals surface area contributed by atoms with E-state index in [1.807, 2.05) is 31.2 Å². The van der Waals surface area contributed by atoms with Crippen molar-refractivity contribution in [1.29, 1.82) is 0 Å². The molecule has 2 rings (SSSR count). The van der Waals surface area contributed by atoms with E-state index in [1.54, 1.807) is 18.2 Å². The van der Waals surface area contributed by atoms with Gasteiger partial charge in [-0.3, -0.25) is 4.79 Å². The van der Waals surface area contributed by atoms with Crippen molar-refractivity contribution in [3.63, 3.8) is 0 Å². The number of ether oxygens (including phenoxy) is 1. The predicted octanol–water partition coefficient (Wildman–Crippen LogP) is 2.49. The van der Waals surface area contributed by atoms with Gasteiger partial charge in [-0.25, -0.2) is 13.6 Å². The normalized spacial score (nSPS) is 11.5. The Bertz CT molecular complexity index is 890. The van der Waals surface area contributed by atoms with E-state index < -0.39 is 10.0 Å². The Morgan fingerprint density at radius 3 is 2.52 bits per heavy atom. The van der Waals surface area contributed by atoms with Crippen molar-refractivity contribution in [2.45, 2.75) is 24.7 Å². The number of hydrogen-bond acceptors (Lipinski definition) is 4. The number of rotatable bonds is 9. The Balaban J connectivity index is 1.85. The van der Waals surface area contributed by atoms with Gasteiger partial charge in [-0.2, -0.15) is 0 Å². The molecule has 0 aliphatic carbocycles. The molecule has 0 aromatic heterocycles. The summed E-state index contributed by atoms with van der Waals surface area (Å²) in [7, 11) is -3.69. The molecule has 0 heterocycles. The molecule has 0 spiro atoms. The van der Waals surface area contributed by atoms with Crippen LogP contribution in [0.5, 0.6) is 5.75 Å². The maximum absolute atomic E-state index is 12.0. The Hall–Kier alpha value is -2.64. The molecule has 0 atom stereocenters. The van der Waals surface area contributed by atoms with Crippen LogP contribution in [-0.2, 0) is 21.2 Å². The zero-order valence-electron chi connectivity index (χ0n) is 15.2. The smallest absolute Gasteiger partial charge is 0.244 e. The summed E-state index contributed by atoms with van der Waals surface area (Å²) in [5.74, 6) is 0.541. The van der Waals surface area contributed by atoms with Crippen LogP contribution in [0.4, 0.5) is 0 Å². The monoisotopic (exact) mass is 388 g/mol. The van der Waals surface area contributed by atoms with E-state index in [2.05, 4.69) is 5.32 Å². The summed E-state index contributed by atoms with van der Waals surface area (Å²) >= 11 is 0. The van der Waals surface area contributed by atoms with Gasteiger partial charge in [0.25, 0.3) is 0 Å². The number of para-hydroxylation sites is 1. The summed E-state index contributed by atoms with van der Waals surface area (Å²) in [6.07, 6.45) is 4.69. The second-order valence-corrected chi connectivity index (χ2v) is 7.51. The first kappa shape index (κ1) is 20.7. The van der Waals surface area contributed by atoms with Crippen LogP contribution in [-0.4, -0.2) is 27.5 Å². The third-order valence-electron chi connectivity index (χ3n) is 3.76. The van der Waals surface area contributed by atoms with Crippen LogP contribution >= 0.6 is 0 Å². The Labute approximate surface area is 160 Å². The fourth-order valence-electron chi connectivity index (χ4n) is 2.36. The van der Waals surface area contributed by atoms with E-state index in [1.165, 1.54) is 18.2 Å². The first-order valence-corrected chi connectivity index (χ1v) is 10.2. The molecule has 0 bridgehead atoms. The number of amides is 1. The zero-order chi connectivity index (χ0) is 19.7. The van der Waals surface area contributed by atoms with Crippen molar-refractivity contribution in [3.8, 4) is 5.75 Å². The second kappa shape index (κ2) is 9.89. The molecule has 0 saturated carbocycles. The van der Waals surface area contributed by atoms with Crippen LogP contribution in [0.25, 0.3) is 6.08 Å². The van der Waals surface area contributed by atoms with E-state index in [0.29, 0.717) is 19.6 Å². The van der Waals surface area contributed by atoms with Crippen LogP contribution in [0.1, 0.15) is 24.5 Å². The van der Waals surface area contributed by atoms with E-state index in [4.69, 9.17) is 9.88 Å². The summed E-state index contributed by atoms with van der Waals surface area (Å²) in [4.78, 5) is 12.1. The van der Waals surface area contributed by atoms with Crippen LogP contribution in [0.2, 0.25) is 0 Å². The van der Waals surface area contributed by atoms with Gasteiger partial charge < -0.3 is 10.1 Å². The molecule has 2 aromatic rings. The molecule has 27 heavy (non-hydrogen) atoms. The van der Waals surface area contributed by atoms with Crippen LogP contribution in [0, 0.1) is 0 Å². The summed E-state index contributed by atoms with van der Waals surface area (Å²) in [6, 6.07) is 13.8. The molecule has 1 amide bonds. The molecule has 0 radical (unpaired) electrons. The summed E-state index contributed by atoms with van der Waals surface area (Å²) in [6.45, 7) is 3.10. The molecule has 0 saturated heterocycles. The number of sulfonamides is 1. The third-order valence-corrected chi connectivity index (χ3v) is 4.69. The standard InChI is InChI=1S/C20H24N2O4S/c1-2-15-26-19-6-4-3-5-17(19)9-12-20(23)22-14-13-16-7-10-18(11-8-16)27(21,24)25/h3-12H,2,13-15H2,1H3,(H,22,23)(H2,21,24,25)/b12-9+. The molecular formula is C20H24N2O4S. The van der Waals surface area contributed by atoms with Gasteiger partial charge in [0.05, 0.1) is 11.5 Å². The quantitative estimate of drug-likeness (QED) is 0.645. The first-order valence-electron chi connectivity index (χ1n) is 8.69. The fraction of sp³-hybridized carbons (Fsp3) is 0.250. The topological polar surface area (TPSA) is 98.5 Å². The van der Waals surface area contributed by atoms with Crippen molar-refractivity contribution in [2.75, 3.05) is 13.2 Å². The van der Waals surface area contributed by atoms with E-state index in [0.717, 1.165) is 23.3 Å². The summed E-state index contributed by atoms with van der Waals surface area (Å²) in [5.41, 5.74) is 1.75. The Kier molecular flexibility index (Phi) is 7.57. The van der Waals surface area contributed by atoms with E-state index >= 15 is 0 Å². The highest BCUT2D eigenvalue weighted by atomic mass is 32.2. The second-order valence-electron chi connectivity index (χ2n) is 5.95. The van der Waals surface area contributed by atoms with Crippen molar-refractivity contribution >= 4 is 22.0 Å². The average molecular weight is 388 g/mol. The van der Waals surface area contributed by atoms with E-state index in [-0.39, 0.29) is 10.8 Å². The number of carbonyl (C=O) groups is 1. The Morgan fingerprint density at radius 1 is 1.15 bits per heavy atom. The number of nitrogens with two attached hydrogens (primary N) is 1. The van der Waals surface area contributed by atoms with Gasteiger partial charge in [-0.15, -0.1) is 0 Å². The number of nitrogens with one attached hydrogen (secondary N) is 1. The van der Waals surface area contributed by atoms with Crippen LogP contribution < -0.4 is 15.2 Å². The molecule has 144 valence electrons. The lowest BCUT2D eigenvalue weighted by molar-refractivity contribution is -0.116. The Morgan fingerprint density at radius 2 is 1.85 bits per heavy atom. The minimum atomic E-state index is -3.69. The highest BCUT2D eigenvalue weighted by molar-refractivity contribution is 7.89. The molecule has 6 nitrogen and oxygen atoms in total. The lowest BCUT2D eigenvalue weighted by Crippen LogP contribution is -2.23. The minimum Gasteiger partial charge on any atom is -0.493 e. The maximum Gasteiger partial charge on any atom is 0.244 e. The molecule has 0 aliphatic heterocycles. The van der Waals surface area contributed by atoms with Gasteiger partial charge in [-0.05, 0) is 42.7 Å². The molecule has 2 aromatic carbocycles. The highest BCUT2D eigenvalue weighted by Crippen LogP contribution is 2.19. The molecule has 0 unspecified atom stereocenters. The number of benzene rings is 2. The number of hydrogen-bond donors (Lipinski definition) is 2. The van der Waals surface area contributed by atoms with Gasteiger partial charge in [0, 0.05) is 18.2 Å². The van der Waals surface area contributed by atoms with Gasteiger partial charge in [-0.1, -0.05) is 37.3 Å². The van der Waals surface area contributed by atoms with Crippen molar-refractivity contribution in [3.05, 3.63) is 65.7 Å². The minimum absolute atomic E-state index is 0.0715. The highest BCUT2D eigenvalue weighted by Gasteiger charge is 2.06. The third kappa shape index (κ3) is 6.88. The van der Waals surface area contributed by atoms with Crippen LogP contribution in [0.15, 0.2) is 59.5 Å². The molecule has 7 heteroatoms. The maximum atomic E-state index is 12.0. The molecule has 0 fully saturated rings. The van der Waals surface area contributed by atoms with Gasteiger partial charge in [0.2, 0.25) is 15.9 Å². The van der Waals surface area contributed by atoms with Crippen LogP contribution in [0.3, 0.4) is 0 Å². The SMILES string of the molecule is CCCOc1ccccc1/C=C/C(=O)NCCc1ccc(S(N)(=O)=O)cc1. The lowest BCUT2D eigenvalue weighted by Gasteiger charge is -2.07.